The Labute approximate surface area is 66.8 Å². The van der Waals surface area contributed by atoms with Gasteiger partial charge in [0.15, 0.2) is 5.92 Å². The van der Waals surface area contributed by atoms with E-state index >= 15 is 0 Å². The zero-order chi connectivity index (χ0) is 9.99. The number of nitrogens with zero attached hydrogens (tertiary/aromatic N) is 1. The molecule has 0 rings (SSSR count). The van der Waals surface area contributed by atoms with Crippen molar-refractivity contribution < 1.29 is 21.6 Å². The van der Waals surface area contributed by atoms with Gasteiger partial charge in [0.2, 0.25) is 10.0 Å². The summed E-state index contributed by atoms with van der Waals surface area (Å²) in [5.74, 6) is -3.94. The lowest BCUT2D eigenvalue weighted by atomic mass is 10.2. The maximum atomic E-state index is 11.7. The quantitative estimate of drug-likeness (QED) is 0.682. The fourth-order valence-corrected chi connectivity index (χ4v) is 1.17. The molecule has 70 valence electrons. The van der Waals surface area contributed by atoms with Crippen molar-refractivity contribution in [2.75, 3.05) is 5.75 Å². The molecule has 0 saturated heterocycles. The lowest BCUT2D eigenvalue weighted by Crippen LogP contribution is -2.31. The van der Waals surface area contributed by atoms with Gasteiger partial charge in [-0.2, -0.15) is 18.4 Å². The minimum absolute atomic E-state index is 0.814. The predicted molar refractivity (Wildman–Crippen MR) is 33.1 cm³/mol. The van der Waals surface area contributed by atoms with Crippen LogP contribution in [0.25, 0.3) is 0 Å². The molecule has 0 spiro atoms. The summed E-state index contributed by atoms with van der Waals surface area (Å²) in [6, 6.07) is 0.814. The minimum atomic E-state index is -4.85. The Morgan fingerprint density at radius 2 is 1.92 bits per heavy atom. The summed E-state index contributed by atoms with van der Waals surface area (Å²) in [7, 11) is -4.26. The van der Waals surface area contributed by atoms with Crippen LogP contribution in [0.3, 0.4) is 0 Å². The third-order valence-electron chi connectivity index (χ3n) is 0.950. The van der Waals surface area contributed by atoms with Gasteiger partial charge in [0.05, 0.1) is 11.8 Å². The summed E-state index contributed by atoms with van der Waals surface area (Å²) < 4.78 is 55.5. The Morgan fingerprint density at radius 1 is 1.50 bits per heavy atom. The first-order valence-corrected chi connectivity index (χ1v) is 4.35. The molecule has 0 radical (unpaired) electrons. The lowest BCUT2D eigenvalue weighted by molar-refractivity contribution is -0.153. The second-order valence-electron chi connectivity index (χ2n) is 2.05. The monoisotopic (exact) mass is 202 g/mol. The molecule has 0 fully saturated rings. The Bertz CT molecular complexity index is 288. The highest BCUT2D eigenvalue weighted by atomic mass is 32.2. The number of hydrogen-bond donors (Lipinski definition) is 1. The molecule has 0 aliphatic rings. The molecule has 0 bridgehead atoms. The zero-order valence-corrected chi connectivity index (χ0v) is 6.48. The van der Waals surface area contributed by atoms with Gasteiger partial charge in [0, 0.05) is 0 Å². The molecular weight excluding hydrogens is 197 g/mol. The highest BCUT2D eigenvalue weighted by Gasteiger charge is 2.42. The van der Waals surface area contributed by atoms with Crippen LogP contribution in [0.4, 0.5) is 13.2 Å². The Balaban J connectivity index is 4.55. The molecule has 12 heavy (non-hydrogen) atoms. The van der Waals surface area contributed by atoms with Crippen molar-refractivity contribution in [3.05, 3.63) is 0 Å². The molecule has 0 aromatic carbocycles. The van der Waals surface area contributed by atoms with E-state index in [1.54, 1.807) is 0 Å². The number of sulfonamides is 1. The molecule has 0 saturated carbocycles. The largest absolute Gasteiger partial charge is 0.405 e. The maximum absolute atomic E-state index is 11.7. The van der Waals surface area contributed by atoms with Crippen LogP contribution in [-0.4, -0.2) is 20.3 Å². The molecule has 0 heterocycles. The van der Waals surface area contributed by atoms with E-state index in [1.165, 1.54) is 0 Å². The predicted octanol–water partition coefficient (Wildman–Crippen LogP) is -0.0230. The normalized spacial score (nSPS) is 15.2. The second kappa shape index (κ2) is 3.28. The summed E-state index contributed by atoms with van der Waals surface area (Å²) in [5, 5.41) is 12.3. The Hall–Kier alpha value is -0.810. The average molecular weight is 202 g/mol. The number of primary sulfonamides is 1. The van der Waals surface area contributed by atoms with Gasteiger partial charge < -0.3 is 0 Å². The minimum Gasteiger partial charge on any atom is -0.229 e. The van der Waals surface area contributed by atoms with Crippen molar-refractivity contribution >= 4 is 10.0 Å². The van der Waals surface area contributed by atoms with Gasteiger partial charge in [-0.15, -0.1) is 0 Å². The van der Waals surface area contributed by atoms with Crippen LogP contribution in [0.5, 0.6) is 0 Å². The van der Waals surface area contributed by atoms with Crippen LogP contribution in [0, 0.1) is 17.2 Å². The SMILES string of the molecule is N#CC(CS(N)(=O)=O)C(F)(F)F. The summed E-state index contributed by atoms with van der Waals surface area (Å²) in [6.07, 6.45) is -4.85. The number of nitriles is 1. The van der Waals surface area contributed by atoms with Crippen LogP contribution < -0.4 is 5.14 Å². The number of alkyl halides is 3. The summed E-state index contributed by atoms with van der Waals surface area (Å²) in [6.45, 7) is 0. The summed E-state index contributed by atoms with van der Waals surface area (Å²) in [4.78, 5) is 0. The van der Waals surface area contributed by atoms with Crippen molar-refractivity contribution in [3.8, 4) is 6.07 Å². The topological polar surface area (TPSA) is 83.9 Å². The highest BCUT2D eigenvalue weighted by Crippen LogP contribution is 2.26. The number of nitrogens with two attached hydrogens (primary N) is 1. The van der Waals surface area contributed by atoms with Gasteiger partial charge in [0.25, 0.3) is 0 Å². The lowest BCUT2D eigenvalue weighted by Gasteiger charge is -2.10. The van der Waals surface area contributed by atoms with E-state index < -0.39 is 27.9 Å². The van der Waals surface area contributed by atoms with Crippen LogP contribution >= 0.6 is 0 Å². The van der Waals surface area contributed by atoms with E-state index in [4.69, 9.17) is 5.26 Å². The van der Waals surface area contributed by atoms with Crippen LogP contribution in [-0.2, 0) is 10.0 Å². The Kier molecular flexibility index (Phi) is 3.06. The van der Waals surface area contributed by atoms with E-state index in [0.717, 1.165) is 6.07 Å². The molecule has 0 aliphatic heterocycles. The molecule has 4 nitrogen and oxygen atoms in total. The van der Waals surface area contributed by atoms with Crippen LogP contribution in [0.1, 0.15) is 0 Å². The van der Waals surface area contributed by atoms with Gasteiger partial charge in [-0.3, -0.25) is 0 Å². The van der Waals surface area contributed by atoms with Gasteiger partial charge in [-0.25, -0.2) is 13.6 Å². The highest BCUT2D eigenvalue weighted by molar-refractivity contribution is 7.89. The van der Waals surface area contributed by atoms with Gasteiger partial charge >= 0.3 is 6.18 Å². The Morgan fingerprint density at radius 3 is 2.00 bits per heavy atom. The van der Waals surface area contributed by atoms with E-state index in [0.29, 0.717) is 0 Å². The molecular formula is C4H5F3N2O2S. The fraction of sp³-hybridized carbons (Fsp3) is 0.750. The second-order valence-corrected chi connectivity index (χ2v) is 3.71. The molecule has 0 aliphatic carbocycles. The molecule has 2 N–H and O–H groups in total. The summed E-state index contributed by atoms with van der Waals surface area (Å²) in [5.41, 5.74) is 0. The third kappa shape index (κ3) is 4.15. The molecule has 8 heteroatoms. The molecule has 1 unspecified atom stereocenters. The van der Waals surface area contributed by atoms with Crippen molar-refractivity contribution in [2.24, 2.45) is 11.1 Å². The first-order chi connectivity index (χ1) is 5.17. The van der Waals surface area contributed by atoms with Gasteiger partial charge in [-0.05, 0) is 0 Å². The number of halogens is 3. The van der Waals surface area contributed by atoms with Crippen molar-refractivity contribution in [3.63, 3.8) is 0 Å². The number of rotatable bonds is 2. The summed E-state index contributed by atoms with van der Waals surface area (Å²) >= 11 is 0. The van der Waals surface area contributed by atoms with Crippen LogP contribution in [0.15, 0.2) is 0 Å². The third-order valence-corrected chi connectivity index (χ3v) is 1.75. The van der Waals surface area contributed by atoms with Crippen LogP contribution in [0.2, 0.25) is 0 Å². The first kappa shape index (κ1) is 11.2. The first-order valence-electron chi connectivity index (χ1n) is 2.63. The standard InChI is InChI=1S/C4H5F3N2O2S/c5-4(6,7)3(1-8)2-12(9,10)11/h3H,2H2,(H2,9,10,11). The molecule has 0 aromatic heterocycles. The molecule has 0 aromatic rings. The van der Waals surface area contributed by atoms with Crippen molar-refractivity contribution in [1.29, 1.82) is 5.26 Å². The van der Waals surface area contributed by atoms with E-state index in [9.17, 15) is 21.6 Å². The van der Waals surface area contributed by atoms with Gasteiger partial charge in [0.1, 0.15) is 0 Å². The van der Waals surface area contributed by atoms with Gasteiger partial charge in [-0.1, -0.05) is 0 Å². The maximum Gasteiger partial charge on any atom is 0.405 e. The average Bonchev–Trinajstić information content (AvgIpc) is 1.78. The molecule has 1 atom stereocenters. The number of hydrogen-bond acceptors (Lipinski definition) is 3. The van der Waals surface area contributed by atoms with Crippen molar-refractivity contribution in [2.45, 2.75) is 6.18 Å². The van der Waals surface area contributed by atoms with E-state index in [2.05, 4.69) is 5.14 Å². The van der Waals surface area contributed by atoms with Crippen molar-refractivity contribution in [1.82, 2.24) is 0 Å². The van der Waals surface area contributed by atoms with E-state index in [-0.39, 0.29) is 0 Å². The smallest absolute Gasteiger partial charge is 0.229 e. The molecule has 0 amide bonds. The van der Waals surface area contributed by atoms with E-state index in [1.807, 2.05) is 0 Å². The zero-order valence-electron chi connectivity index (χ0n) is 5.67. The fourth-order valence-electron chi connectivity index (χ4n) is 0.437.